The van der Waals surface area contributed by atoms with Crippen molar-refractivity contribution in [1.29, 1.82) is 0 Å². The standard InChI is InChI=1S/C22H29ClN2O3S/c1-7-20(19-11-8-14(2)12-16(19)4)24-22(26)17(5)25(29(6,27)28)21-13-18(23)10-9-15(21)3/h8-13,17,20H,7H2,1-6H3,(H,24,26). The Balaban J connectivity index is 2.37. The molecular formula is C22H29ClN2O3S. The Hall–Kier alpha value is -2.05. The molecule has 0 aromatic heterocycles. The van der Waals surface area contributed by atoms with E-state index in [0.717, 1.165) is 32.8 Å². The van der Waals surface area contributed by atoms with Crippen molar-refractivity contribution in [3.63, 3.8) is 0 Å². The van der Waals surface area contributed by atoms with Crippen LogP contribution < -0.4 is 9.62 Å². The molecule has 0 radical (unpaired) electrons. The zero-order valence-corrected chi connectivity index (χ0v) is 19.4. The lowest BCUT2D eigenvalue weighted by Crippen LogP contribution is -2.49. The van der Waals surface area contributed by atoms with Crippen molar-refractivity contribution in [3.8, 4) is 0 Å². The smallest absolute Gasteiger partial charge is 0.244 e. The Morgan fingerprint density at radius 3 is 2.31 bits per heavy atom. The molecule has 2 aromatic rings. The van der Waals surface area contributed by atoms with Gasteiger partial charge in [0, 0.05) is 5.02 Å². The number of carbonyl (C=O) groups excluding carboxylic acids is 1. The number of aryl methyl sites for hydroxylation is 3. The van der Waals surface area contributed by atoms with Crippen LogP contribution in [0.1, 0.15) is 48.6 Å². The van der Waals surface area contributed by atoms with Gasteiger partial charge in [-0.05, 0) is 62.9 Å². The van der Waals surface area contributed by atoms with E-state index in [0.29, 0.717) is 17.1 Å². The molecule has 2 unspecified atom stereocenters. The maximum Gasteiger partial charge on any atom is 0.244 e. The third kappa shape index (κ3) is 5.52. The molecule has 0 heterocycles. The summed E-state index contributed by atoms with van der Waals surface area (Å²) in [5.41, 5.74) is 4.41. The largest absolute Gasteiger partial charge is 0.347 e. The third-order valence-corrected chi connectivity index (χ3v) is 6.49. The SMILES string of the molecule is CCC(NC(=O)C(C)N(c1cc(Cl)ccc1C)S(C)(=O)=O)c1ccc(C)cc1C. The van der Waals surface area contributed by atoms with E-state index < -0.39 is 16.1 Å². The zero-order chi connectivity index (χ0) is 21.9. The average molecular weight is 437 g/mol. The fourth-order valence-corrected chi connectivity index (χ4v) is 4.90. The molecule has 5 nitrogen and oxygen atoms in total. The number of amides is 1. The van der Waals surface area contributed by atoms with E-state index in [4.69, 9.17) is 11.6 Å². The summed E-state index contributed by atoms with van der Waals surface area (Å²) in [5.74, 6) is -0.360. The summed E-state index contributed by atoms with van der Waals surface area (Å²) in [6, 6.07) is 9.98. The first kappa shape index (κ1) is 23.2. The van der Waals surface area contributed by atoms with E-state index in [9.17, 15) is 13.2 Å². The molecule has 158 valence electrons. The molecule has 29 heavy (non-hydrogen) atoms. The molecule has 1 amide bonds. The van der Waals surface area contributed by atoms with Crippen molar-refractivity contribution in [3.05, 3.63) is 63.7 Å². The highest BCUT2D eigenvalue weighted by molar-refractivity contribution is 7.92. The van der Waals surface area contributed by atoms with Crippen molar-refractivity contribution in [1.82, 2.24) is 5.32 Å². The van der Waals surface area contributed by atoms with Crippen LogP contribution in [0.15, 0.2) is 36.4 Å². The number of hydrogen-bond acceptors (Lipinski definition) is 3. The van der Waals surface area contributed by atoms with Crippen molar-refractivity contribution in [2.75, 3.05) is 10.6 Å². The molecule has 1 N–H and O–H groups in total. The Morgan fingerprint density at radius 2 is 1.76 bits per heavy atom. The van der Waals surface area contributed by atoms with E-state index in [1.54, 1.807) is 32.0 Å². The van der Waals surface area contributed by atoms with Crippen molar-refractivity contribution in [2.24, 2.45) is 0 Å². The molecule has 2 aromatic carbocycles. The lowest BCUT2D eigenvalue weighted by Gasteiger charge is -2.31. The van der Waals surface area contributed by atoms with E-state index >= 15 is 0 Å². The maximum atomic E-state index is 13.1. The van der Waals surface area contributed by atoms with Gasteiger partial charge in [0.25, 0.3) is 0 Å². The summed E-state index contributed by atoms with van der Waals surface area (Å²) >= 11 is 6.09. The van der Waals surface area contributed by atoms with Gasteiger partial charge in [0.05, 0.1) is 18.0 Å². The van der Waals surface area contributed by atoms with Gasteiger partial charge in [0.2, 0.25) is 15.9 Å². The molecule has 0 saturated heterocycles. The molecule has 0 spiro atoms. The molecule has 7 heteroatoms. The fourth-order valence-electron chi connectivity index (χ4n) is 3.51. The third-order valence-electron chi connectivity index (χ3n) is 5.02. The number of sulfonamides is 1. The Morgan fingerprint density at radius 1 is 1.10 bits per heavy atom. The van der Waals surface area contributed by atoms with Gasteiger partial charge in [-0.15, -0.1) is 0 Å². The summed E-state index contributed by atoms with van der Waals surface area (Å²) in [4.78, 5) is 13.1. The highest BCUT2D eigenvalue weighted by atomic mass is 35.5. The molecule has 0 aliphatic heterocycles. The number of rotatable bonds is 7. The second-order valence-corrected chi connectivity index (χ2v) is 9.79. The van der Waals surface area contributed by atoms with Crippen molar-refractivity contribution < 1.29 is 13.2 Å². The monoisotopic (exact) mass is 436 g/mol. The van der Waals surface area contributed by atoms with Gasteiger partial charge in [0.1, 0.15) is 6.04 Å². The number of hydrogen-bond donors (Lipinski definition) is 1. The van der Waals surface area contributed by atoms with Gasteiger partial charge >= 0.3 is 0 Å². The summed E-state index contributed by atoms with van der Waals surface area (Å²) < 4.78 is 26.3. The van der Waals surface area contributed by atoms with Crippen LogP contribution in [0.25, 0.3) is 0 Å². The van der Waals surface area contributed by atoms with E-state index in [1.807, 2.05) is 32.9 Å². The quantitative estimate of drug-likeness (QED) is 0.684. The number of benzene rings is 2. The average Bonchev–Trinajstić information content (AvgIpc) is 2.62. The number of nitrogens with one attached hydrogen (secondary N) is 1. The van der Waals surface area contributed by atoms with Crippen LogP contribution in [0, 0.1) is 20.8 Å². The predicted molar refractivity (Wildman–Crippen MR) is 120 cm³/mol. The topological polar surface area (TPSA) is 66.5 Å². The molecule has 0 saturated carbocycles. The minimum Gasteiger partial charge on any atom is -0.347 e. The number of carbonyl (C=O) groups is 1. The minimum absolute atomic E-state index is 0.201. The van der Waals surface area contributed by atoms with Crippen LogP contribution in [-0.4, -0.2) is 26.6 Å². The minimum atomic E-state index is -3.71. The van der Waals surface area contributed by atoms with Crippen molar-refractivity contribution >= 4 is 33.2 Å². The molecule has 0 bridgehead atoms. The van der Waals surface area contributed by atoms with Crippen LogP contribution >= 0.6 is 11.6 Å². The highest BCUT2D eigenvalue weighted by Gasteiger charge is 2.31. The Labute approximate surface area is 179 Å². The first-order chi connectivity index (χ1) is 13.5. The van der Waals surface area contributed by atoms with E-state index in [2.05, 4.69) is 11.4 Å². The molecular weight excluding hydrogens is 408 g/mol. The van der Waals surface area contributed by atoms with Gasteiger partial charge in [-0.25, -0.2) is 8.42 Å². The van der Waals surface area contributed by atoms with Crippen LogP contribution in [0.3, 0.4) is 0 Å². The van der Waals surface area contributed by atoms with Gasteiger partial charge < -0.3 is 5.32 Å². The molecule has 0 fully saturated rings. The lowest BCUT2D eigenvalue weighted by atomic mass is 9.97. The van der Waals surface area contributed by atoms with Gasteiger partial charge in [0.15, 0.2) is 0 Å². The Kier molecular flexibility index (Phi) is 7.35. The van der Waals surface area contributed by atoms with Gasteiger partial charge in [-0.3, -0.25) is 9.10 Å². The predicted octanol–water partition coefficient (Wildman–Crippen LogP) is 4.69. The summed E-state index contributed by atoms with van der Waals surface area (Å²) in [6.45, 7) is 9.41. The fraction of sp³-hybridized carbons (Fsp3) is 0.409. The Bertz CT molecular complexity index is 1010. The second-order valence-electron chi connectivity index (χ2n) is 7.50. The first-order valence-electron chi connectivity index (χ1n) is 9.58. The van der Waals surface area contributed by atoms with Gasteiger partial charge in [-0.1, -0.05) is 48.4 Å². The van der Waals surface area contributed by atoms with Gasteiger partial charge in [-0.2, -0.15) is 0 Å². The summed E-state index contributed by atoms with van der Waals surface area (Å²) in [6.07, 6.45) is 1.79. The number of anilines is 1. The van der Waals surface area contributed by atoms with Crippen LogP contribution in [0.5, 0.6) is 0 Å². The van der Waals surface area contributed by atoms with Crippen LogP contribution in [0.2, 0.25) is 5.02 Å². The number of nitrogens with zero attached hydrogens (tertiary/aromatic N) is 1. The van der Waals surface area contributed by atoms with E-state index in [1.165, 1.54) is 0 Å². The maximum absolute atomic E-state index is 13.1. The number of halogens is 1. The van der Waals surface area contributed by atoms with Crippen molar-refractivity contribution in [2.45, 2.75) is 53.1 Å². The normalized spacial score (nSPS) is 13.6. The van der Waals surface area contributed by atoms with E-state index in [-0.39, 0.29) is 11.9 Å². The summed E-state index contributed by atoms with van der Waals surface area (Å²) in [5, 5.41) is 3.43. The summed E-state index contributed by atoms with van der Waals surface area (Å²) in [7, 11) is -3.71. The molecule has 2 atom stereocenters. The molecule has 2 rings (SSSR count). The lowest BCUT2D eigenvalue weighted by molar-refractivity contribution is -0.122. The first-order valence-corrected chi connectivity index (χ1v) is 11.8. The zero-order valence-electron chi connectivity index (χ0n) is 17.8. The molecule has 0 aliphatic carbocycles. The highest BCUT2D eigenvalue weighted by Crippen LogP contribution is 2.29. The van der Waals surface area contributed by atoms with Crippen LogP contribution in [-0.2, 0) is 14.8 Å². The van der Waals surface area contributed by atoms with Crippen LogP contribution in [0.4, 0.5) is 5.69 Å². The second kappa shape index (κ2) is 9.18. The molecule has 0 aliphatic rings.